The lowest BCUT2D eigenvalue weighted by Crippen LogP contribution is -2.13. The van der Waals surface area contributed by atoms with E-state index in [2.05, 4.69) is 24.8 Å². The van der Waals surface area contributed by atoms with E-state index in [1.165, 1.54) is 37.7 Å². The summed E-state index contributed by atoms with van der Waals surface area (Å²) < 4.78 is 40.4. The molecule has 3 aromatic rings. The Hall–Kier alpha value is -2.55. The molecule has 0 atom stereocenters. The minimum absolute atomic E-state index is 0.338. The van der Waals surface area contributed by atoms with Crippen molar-refractivity contribution < 1.29 is 13.2 Å². The zero-order valence-corrected chi connectivity index (χ0v) is 16.4. The quantitative estimate of drug-likeness (QED) is 0.302. The lowest BCUT2D eigenvalue weighted by atomic mass is 9.77. The van der Waals surface area contributed by atoms with Crippen LogP contribution in [0.25, 0.3) is 21.9 Å². The van der Waals surface area contributed by atoms with E-state index < -0.39 is 17.5 Å². The molecule has 0 bridgehead atoms. The summed E-state index contributed by atoms with van der Waals surface area (Å²) in [6.07, 6.45) is 9.36. The first-order chi connectivity index (χ1) is 14.0. The molecule has 0 amide bonds. The maximum absolute atomic E-state index is 13.6. The van der Waals surface area contributed by atoms with E-state index in [9.17, 15) is 13.2 Å². The van der Waals surface area contributed by atoms with Gasteiger partial charge >= 0.3 is 0 Å². The van der Waals surface area contributed by atoms with Gasteiger partial charge in [0.05, 0.1) is 0 Å². The molecule has 0 saturated heterocycles. The van der Waals surface area contributed by atoms with Crippen LogP contribution in [-0.2, 0) is 0 Å². The molecule has 0 heterocycles. The highest BCUT2D eigenvalue weighted by Crippen LogP contribution is 2.38. The number of halogens is 3. The van der Waals surface area contributed by atoms with Crippen LogP contribution in [0.4, 0.5) is 13.2 Å². The number of allylic oxidation sites excluding steroid dienone is 1. The Morgan fingerprint density at radius 2 is 1.45 bits per heavy atom. The van der Waals surface area contributed by atoms with Crippen LogP contribution in [0.15, 0.2) is 61.2 Å². The van der Waals surface area contributed by atoms with Gasteiger partial charge in [0.1, 0.15) is 0 Å². The van der Waals surface area contributed by atoms with E-state index in [0.717, 1.165) is 35.2 Å². The van der Waals surface area contributed by atoms with Gasteiger partial charge in [-0.15, -0.1) is 6.58 Å². The molecule has 4 rings (SSSR count). The number of fused-ring (bicyclic) bond motifs is 1. The SMILES string of the molecule is C=CCCC1CCC(c2ccc3cc(-c4cc(F)c(F)c(F)c4)ccc3c2)CC1. The van der Waals surface area contributed by atoms with Gasteiger partial charge in [0.25, 0.3) is 0 Å². The smallest absolute Gasteiger partial charge is 0.194 e. The van der Waals surface area contributed by atoms with Crippen molar-refractivity contribution in [3.63, 3.8) is 0 Å². The summed E-state index contributed by atoms with van der Waals surface area (Å²) in [7, 11) is 0. The molecule has 1 aliphatic carbocycles. The Morgan fingerprint density at radius 3 is 2.14 bits per heavy atom. The summed E-state index contributed by atoms with van der Waals surface area (Å²) in [5.74, 6) is -2.35. The fraction of sp³-hybridized carbons (Fsp3) is 0.308. The highest BCUT2D eigenvalue weighted by molar-refractivity contribution is 5.88. The maximum Gasteiger partial charge on any atom is 0.194 e. The second-order valence-electron chi connectivity index (χ2n) is 8.16. The second-order valence-corrected chi connectivity index (χ2v) is 8.16. The highest BCUT2D eigenvalue weighted by atomic mass is 19.2. The topological polar surface area (TPSA) is 0 Å². The summed E-state index contributed by atoms with van der Waals surface area (Å²) in [6.45, 7) is 3.82. The van der Waals surface area contributed by atoms with Crippen molar-refractivity contribution in [1.82, 2.24) is 0 Å². The van der Waals surface area contributed by atoms with Gasteiger partial charge < -0.3 is 0 Å². The van der Waals surface area contributed by atoms with E-state index >= 15 is 0 Å². The molecule has 0 aromatic heterocycles. The molecule has 0 aliphatic heterocycles. The van der Waals surface area contributed by atoms with E-state index in [1.807, 2.05) is 24.3 Å². The number of hydrogen-bond donors (Lipinski definition) is 0. The number of hydrogen-bond acceptors (Lipinski definition) is 0. The number of rotatable bonds is 5. The van der Waals surface area contributed by atoms with Crippen molar-refractivity contribution in [2.24, 2.45) is 5.92 Å². The fourth-order valence-electron chi connectivity index (χ4n) is 4.56. The van der Waals surface area contributed by atoms with E-state index in [4.69, 9.17) is 0 Å². The normalized spacial score (nSPS) is 19.4. The minimum Gasteiger partial charge on any atom is -0.204 e. The standard InChI is InChI=1S/C26H25F3/c1-2-3-4-17-5-7-18(8-6-17)19-9-10-21-14-22(12-11-20(21)13-19)23-15-24(27)26(29)25(28)16-23/h2,9-18H,1,3-8H2. The molecule has 1 aliphatic rings. The summed E-state index contributed by atoms with van der Waals surface area (Å²) in [6, 6.07) is 14.3. The predicted octanol–water partition coefficient (Wildman–Crippen LogP) is 8.16. The van der Waals surface area contributed by atoms with Gasteiger partial charge in [-0.05, 0) is 96.0 Å². The third-order valence-corrected chi connectivity index (χ3v) is 6.28. The molecular weight excluding hydrogens is 369 g/mol. The fourth-order valence-corrected chi connectivity index (χ4v) is 4.56. The van der Waals surface area contributed by atoms with Crippen LogP contribution < -0.4 is 0 Å². The van der Waals surface area contributed by atoms with Crippen LogP contribution in [0.3, 0.4) is 0 Å². The first-order valence-electron chi connectivity index (χ1n) is 10.3. The summed E-state index contributed by atoms with van der Waals surface area (Å²) in [4.78, 5) is 0. The molecule has 3 heteroatoms. The second kappa shape index (κ2) is 8.44. The van der Waals surface area contributed by atoms with Crippen molar-refractivity contribution in [2.75, 3.05) is 0 Å². The minimum atomic E-state index is -1.43. The zero-order chi connectivity index (χ0) is 20.4. The Bertz CT molecular complexity index is 1010. The first kappa shape index (κ1) is 19.8. The molecule has 3 aromatic carbocycles. The van der Waals surface area contributed by atoms with Crippen LogP contribution in [0, 0.1) is 23.4 Å². The summed E-state index contributed by atoms with van der Waals surface area (Å²) >= 11 is 0. The van der Waals surface area contributed by atoms with Crippen LogP contribution in [0.5, 0.6) is 0 Å². The Balaban J connectivity index is 1.54. The van der Waals surface area contributed by atoms with Crippen molar-refractivity contribution in [3.05, 3.63) is 84.2 Å². The van der Waals surface area contributed by atoms with E-state index in [0.29, 0.717) is 17.0 Å². The predicted molar refractivity (Wildman–Crippen MR) is 113 cm³/mol. The third-order valence-electron chi connectivity index (χ3n) is 6.28. The zero-order valence-electron chi connectivity index (χ0n) is 16.4. The molecule has 29 heavy (non-hydrogen) atoms. The van der Waals surface area contributed by atoms with Gasteiger partial charge in [-0.3, -0.25) is 0 Å². The molecular formula is C26H25F3. The molecule has 0 spiro atoms. The molecule has 0 unspecified atom stereocenters. The van der Waals surface area contributed by atoms with Crippen molar-refractivity contribution in [1.29, 1.82) is 0 Å². The monoisotopic (exact) mass is 394 g/mol. The van der Waals surface area contributed by atoms with Gasteiger partial charge in [-0.1, -0.05) is 36.4 Å². The van der Waals surface area contributed by atoms with Crippen LogP contribution in [-0.4, -0.2) is 0 Å². The van der Waals surface area contributed by atoms with Crippen LogP contribution in [0.2, 0.25) is 0 Å². The van der Waals surface area contributed by atoms with Gasteiger partial charge in [-0.25, -0.2) is 13.2 Å². The first-order valence-corrected chi connectivity index (χ1v) is 10.3. The van der Waals surface area contributed by atoms with Gasteiger partial charge in [-0.2, -0.15) is 0 Å². The van der Waals surface area contributed by atoms with Gasteiger partial charge in [0.2, 0.25) is 0 Å². The molecule has 150 valence electrons. The van der Waals surface area contributed by atoms with Crippen LogP contribution >= 0.6 is 0 Å². The molecule has 1 fully saturated rings. The Labute approximate surface area is 170 Å². The Kier molecular flexibility index (Phi) is 5.75. The van der Waals surface area contributed by atoms with Crippen molar-refractivity contribution >= 4 is 10.8 Å². The average molecular weight is 394 g/mol. The molecule has 0 radical (unpaired) electrons. The van der Waals surface area contributed by atoms with Crippen molar-refractivity contribution in [3.8, 4) is 11.1 Å². The van der Waals surface area contributed by atoms with Crippen LogP contribution in [0.1, 0.15) is 50.0 Å². The highest BCUT2D eigenvalue weighted by Gasteiger charge is 2.22. The average Bonchev–Trinajstić information content (AvgIpc) is 2.75. The lowest BCUT2D eigenvalue weighted by molar-refractivity contribution is 0.312. The van der Waals surface area contributed by atoms with Crippen molar-refractivity contribution in [2.45, 2.75) is 44.4 Å². The summed E-state index contributed by atoms with van der Waals surface area (Å²) in [5.41, 5.74) is 2.38. The molecule has 0 N–H and O–H groups in total. The molecule has 0 nitrogen and oxygen atoms in total. The van der Waals surface area contributed by atoms with E-state index in [1.54, 1.807) is 0 Å². The molecule has 1 saturated carbocycles. The maximum atomic E-state index is 13.6. The lowest BCUT2D eigenvalue weighted by Gasteiger charge is -2.28. The summed E-state index contributed by atoms with van der Waals surface area (Å²) in [5, 5.41) is 2.12. The van der Waals surface area contributed by atoms with Gasteiger partial charge in [0.15, 0.2) is 17.5 Å². The largest absolute Gasteiger partial charge is 0.204 e. The Morgan fingerprint density at radius 1 is 0.793 bits per heavy atom. The van der Waals surface area contributed by atoms with E-state index in [-0.39, 0.29) is 0 Å². The number of benzene rings is 3. The van der Waals surface area contributed by atoms with Gasteiger partial charge in [0, 0.05) is 0 Å². The third kappa shape index (κ3) is 4.24.